The molecule has 2 heterocycles. The van der Waals surface area contributed by atoms with Crippen LogP contribution in [-0.4, -0.2) is 27.8 Å². The number of rotatable bonds is 5. The van der Waals surface area contributed by atoms with Crippen LogP contribution >= 0.6 is 0 Å². The van der Waals surface area contributed by atoms with Crippen molar-refractivity contribution in [1.29, 1.82) is 0 Å². The molecule has 16 heavy (non-hydrogen) atoms. The third-order valence-electron chi connectivity index (χ3n) is 2.31. The Bertz CT molecular complexity index is 466. The molecule has 0 aromatic carbocycles. The zero-order chi connectivity index (χ0) is 11.4. The first-order chi connectivity index (χ1) is 7.81. The Morgan fingerprint density at radius 2 is 2.19 bits per heavy atom. The van der Waals surface area contributed by atoms with Crippen LogP contribution in [0.3, 0.4) is 0 Å². The molecule has 0 aliphatic rings. The fourth-order valence-corrected chi connectivity index (χ4v) is 1.53. The molecule has 0 saturated carbocycles. The third kappa shape index (κ3) is 2.30. The van der Waals surface area contributed by atoms with Crippen LogP contribution < -0.4 is 5.73 Å². The van der Waals surface area contributed by atoms with Gasteiger partial charge in [-0.05, 0) is 18.6 Å². The summed E-state index contributed by atoms with van der Waals surface area (Å²) in [6.07, 6.45) is 3.63. The van der Waals surface area contributed by atoms with Gasteiger partial charge in [0, 0.05) is 24.9 Å². The maximum atomic E-state index is 5.72. The van der Waals surface area contributed by atoms with Gasteiger partial charge in [0.1, 0.15) is 5.82 Å². The van der Waals surface area contributed by atoms with Gasteiger partial charge in [0.15, 0.2) is 5.65 Å². The van der Waals surface area contributed by atoms with E-state index in [0.717, 1.165) is 30.9 Å². The van der Waals surface area contributed by atoms with Crippen LogP contribution in [0.2, 0.25) is 0 Å². The molecule has 0 saturated heterocycles. The fourth-order valence-electron chi connectivity index (χ4n) is 1.53. The van der Waals surface area contributed by atoms with Gasteiger partial charge in [0.25, 0.3) is 0 Å². The molecular formula is C11H16N4O. The van der Waals surface area contributed by atoms with Crippen LogP contribution in [-0.2, 0) is 11.2 Å². The van der Waals surface area contributed by atoms with Crippen molar-refractivity contribution in [3.05, 3.63) is 24.2 Å². The summed E-state index contributed by atoms with van der Waals surface area (Å²) >= 11 is 0. The van der Waals surface area contributed by atoms with Crippen LogP contribution in [0.25, 0.3) is 5.65 Å². The average molecular weight is 220 g/mol. The van der Waals surface area contributed by atoms with Crippen LogP contribution in [0.15, 0.2) is 18.3 Å². The lowest BCUT2D eigenvalue weighted by Crippen LogP contribution is -2.03. The van der Waals surface area contributed by atoms with Crippen LogP contribution in [0, 0.1) is 0 Å². The summed E-state index contributed by atoms with van der Waals surface area (Å²) in [7, 11) is 0. The number of nitrogens with zero attached hydrogens (tertiary/aromatic N) is 3. The monoisotopic (exact) mass is 220 g/mol. The second kappa shape index (κ2) is 4.94. The standard InChI is InChI=1S/C11H16N4O/c1-2-6-16-7-5-11-14-13-10-4-3-9(12)8-15(10)11/h3-4,8H,2,5-7,12H2,1H3. The minimum Gasteiger partial charge on any atom is -0.398 e. The maximum absolute atomic E-state index is 5.72. The minimum atomic E-state index is 0.670. The van der Waals surface area contributed by atoms with Gasteiger partial charge in [-0.3, -0.25) is 4.40 Å². The van der Waals surface area contributed by atoms with Crippen molar-refractivity contribution in [2.24, 2.45) is 0 Å². The van der Waals surface area contributed by atoms with E-state index in [4.69, 9.17) is 10.5 Å². The second-order valence-electron chi connectivity index (χ2n) is 3.67. The van der Waals surface area contributed by atoms with E-state index in [9.17, 15) is 0 Å². The quantitative estimate of drug-likeness (QED) is 0.771. The van der Waals surface area contributed by atoms with E-state index in [-0.39, 0.29) is 0 Å². The van der Waals surface area contributed by atoms with E-state index < -0.39 is 0 Å². The Morgan fingerprint density at radius 3 is 3.00 bits per heavy atom. The summed E-state index contributed by atoms with van der Waals surface area (Å²) in [5.74, 6) is 0.887. The lowest BCUT2D eigenvalue weighted by Gasteiger charge is -2.02. The van der Waals surface area contributed by atoms with Crippen molar-refractivity contribution in [3.8, 4) is 0 Å². The fraction of sp³-hybridized carbons (Fsp3) is 0.455. The summed E-state index contributed by atoms with van der Waals surface area (Å²) in [5.41, 5.74) is 7.25. The van der Waals surface area contributed by atoms with Crippen LogP contribution in [0.5, 0.6) is 0 Å². The van der Waals surface area contributed by atoms with E-state index in [2.05, 4.69) is 17.1 Å². The normalized spacial score (nSPS) is 11.1. The smallest absolute Gasteiger partial charge is 0.160 e. The van der Waals surface area contributed by atoms with Gasteiger partial charge in [-0.2, -0.15) is 0 Å². The van der Waals surface area contributed by atoms with E-state index in [1.54, 1.807) is 0 Å². The highest BCUT2D eigenvalue weighted by atomic mass is 16.5. The number of pyridine rings is 1. The molecule has 86 valence electrons. The number of nitrogens with two attached hydrogens (primary N) is 1. The van der Waals surface area contributed by atoms with Crippen LogP contribution in [0.4, 0.5) is 5.69 Å². The van der Waals surface area contributed by atoms with Crippen molar-refractivity contribution in [3.63, 3.8) is 0 Å². The van der Waals surface area contributed by atoms with Crippen molar-refractivity contribution in [2.45, 2.75) is 19.8 Å². The van der Waals surface area contributed by atoms with Crippen molar-refractivity contribution >= 4 is 11.3 Å². The van der Waals surface area contributed by atoms with E-state index in [1.165, 1.54) is 0 Å². The third-order valence-corrected chi connectivity index (χ3v) is 2.31. The molecule has 2 rings (SSSR count). The summed E-state index contributed by atoms with van der Waals surface area (Å²) in [5, 5.41) is 8.17. The zero-order valence-corrected chi connectivity index (χ0v) is 9.39. The Labute approximate surface area is 94.2 Å². The lowest BCUT2D eigenvalue weighted by atomic mass is 10.4. The van der Waals surface area contributed by atoms with Crippen LogP contribution in [0.1, 0.15) is 19.2 Å². The largest absolute Gasteiger partial charge is 0.398 e. The highest BCUT2D eigenvalue weighted by molar-refractivity contribution is 5.47. The molecule has 0 radical (unpaired) electrons. The van der Waals surface area contributed by atoms with Gasteiger partial charge < -0.3 is 10.5 Å². The predicted molar refractivity (Wildman–Crippen MR) is 62.2 cm³/mol. The molecular weight excluding hydrogens is 204 g/mol. The number of hydrogen-bond donors (Lipinski definition) is 1. The Hall–Kier alpha value is -1.62. The van der Waals surface area contributed by atoms with E-state index in [1.807, 2.05) is 22.7 Å². The van der Waals surface area contributed by atoms with Gasteiger partial charge in [0.2, 0.25) is 0 Å². The number of aromatic nitrogens is 3. The molecule has 0 fully saturated rings. The predicted octanol–water partition coefficient (Wildman–Crippen LogP) is 1.28. The molecule has 5 heteroatoms. The van der Waals surface area contributed by atoms with Crippen molar-refractivity contribution in [1.82, 2.24) is 14.6 Å². The molecule has 0 atom stereocenters. The summed E-state index contributed by atoms with van der Waals surface area (Å²) in [4.78, 5) is 0. The average Bonchev–Trinajstić information content (AvgIpc) is 2.67. The first kappa shape index (κ1) is 10.9. The number of fused-ring (bicyclic) bond motifs is 1. The van der Waals surface area contributed by atoms with Gasteiger partial charge in [-0.1, -0.05) is 6.92 Å². The number of anilines is 1. The summed E-state index contributed by atoms with van der Waals surface area (Å²) in [6.45, 7) is 3.55. The summed E-state index contributed by atoms with van der Waals surface area (Å²) in [6, 6.07) is 3.68. The Balaban J connectivity index is 2.09. The molecule has 2 N–H and O–H groups in total. The molecule has 0 spiro atoms. The number of ether oxygens (including phenoxy) is 1. The maximum Gasteiger partial charge on any atom is 0.160 e. The highest BCUT2D eigenvalue weighted by Gasteiger charge is 2.04. The molecule has 2 aromatic rings. The second-order valence-corrected chi connectivity index (χ2v) is 3.67. The van der Waals surface area contributed by atoms with Gasteiger partial charge in [-0.25, -0.2) is 0 Å². The SMILES string of the molecule is CCCOCCc1nnc2ccc(N)cn12. The molecule has 0 aliphatic heterocycles. The first-order valence-electron chi connectivity index (χ1n) is 5.48. The summed E-state index contributed by atoms with van der Waals surface area (Å²) < 4.78 is 7.33. The first-order valence-corrected chi connectivity index (χ1v) is 5.48. The Kier molecular flexibility index (Phi) is 3.36. The van der Waals surface area contributed by atoms with E-state index >= 15 is 0 Å². The Morgan fingerprint density at radius 1 is 1.31 bits per heavy atom. The van der Waals surface area contributed by atoms with Gasteiger partial charge >= 0.3 is 0 Å². The molecule has 2 aromatic heterocycles. The highest BCUT2D eigenvalue weighted by Crippen LogP contribution is 2.08. The minimum absolute atomic E-state index is 0.670. The molecule has 0 aliphatic carbocycles. The molecule has 5 nitrogen and oxygen atoms in total. The zero-order valence-electron chi connectivity index (χ0n) is 9.39. The van der Waals surface area contributed by atoms with Gasteiger partial charge in [-0.15, -0.1) is 10.2 Å². The number of hydrogen-bond acceptors (Lipinski definition) is 4. The molecule has 0 amide bonds. The molecule has 0 unspecified atom stereocenters. The van der Waals surface area contributed by atoms with E-state index in [0.29, 0.717) is 12.3 Å². The van der Waals surface area contributed by atoms with Crippen molar-refractivity contribution in [2.75, 3.05) is 18.9 Å². The van der Waals surface area contributed by atoms with Crippen molar-refractivity contribution < 1.29 is 4.74 Å². The number of nitrogen functional groups attached to an aromatic ring is 1. The topological polar surface area (TPSA) is 65.4 Å². The molecule has 0 bridgehead atoms. The lowest BCUT2D eigenvalue weighted by molar-refractivity contribution is 0.136. The van der Waals surface area contributed by atoms with Gasteiger partial charge in [0.05, 0.1) is 6.61 Å².